The molecule has 1 atom stereocenters. The molecule has 0 N–H and O–H groups in total. The van der Waals surface area contributed by atoms with Gasteiger partial charge in [-0.25, -0.2) is 9.78 Å². The molecule has 3 aromatic rings. The zero-order valence-electron chi connectivity index (χ0n) is 13.6. The highest BCUT2D eigenvalue weighted by Gasteiger charge is 2.22. The van der Waals surface area contributed by atoms with E-state index < -0.39 is 5.97 Å². The molecule has 3 rings (SSSR count). The molecule has 0 aliphatic carbocycles. The molecule has 130 valence electrons. The van der Waals surface area contributed by atoms with Gasteiger partial charge in [0.25, 0.3) is 5.91 Å². The van der Waals surface area contributed by atoms with E-state index in [-0.39, 0.29) is 18.6 Å². The standard InChI is InChI=1S/C17H15ClN2O3S2/c1-10(16-19-11-5-3-4-6-12(11)25-16)20(2)15(21)9-23-17(22)13-7-8-14(18)24-13/h3-8,10H,9H2,1-2H3/t10-/m0/s1. The summed E-state index contributed by atoms with van der Waals surface area (Å²) in [5.41, 5.74) is 0.913. The maximum absolute atomic E-state index is 12.3. The molecule has 0 unspecified atom stereocenters. The van der Waals surface area contributed by atoms with Crippen LogP contribution in [0.5, 0.6) is 0 Å². The van der Waals surface area contributed by atoms with E-state index in [2.05, 4.69) is 4.98 Å². The van der Waals surface area contributed by atoms with Crippen LogP contribution >= 0.6 is 34.3 Å². The third kappa shape index (κ3) is 4.00. The first-order valence-corrected chi connectivity index (χ1v) is 9.50. The molecule has 0 saturated carbocycles. The summed E-state index contributed by atoms with van der Waals surface area (Å²) < 4.78 is 6.65. The molecule has 8 heteroatoms. The van der Waals surface area contributed by atoms with E-state index >= 15 is 0 Å². The Morgan fingerprint density at radius 3 is 2.68 bits per heavy atom. The van der Waals surface area contributed by atoms with Gasteiger partial charge in [-0.1, -0.05) is 23.7 Å². The van der Waals surface area contributed by atoms with Crippen molar-refractivity contribution in [3.05, 3.63) is 50.6 Å². The van der Waals surface area contributed by atoms with Crippen LogP contribution in [0.2, 0.25) is 4.34 Å². The van der Waals surface area contributed by atoms with Gasteiger partial charge in [-0.2, -0.15) is 0 Å². The van der Waals surface area contributed by atoms with Crippen LogP contribution in [-0.2, 0) is 9.53 Å². The highest BCUT2D eigenvalue weighted by molar-refractivity contribution is 7.18. The molecular formula is C17H15ClN2O3S2. The minimum absolute atomic E-state index is 0.209. The van der Waals surface area contributed by atoms with Crippen molar-refractivity contribution < 1.29 is 14.3 Å². The lowest BCUT2D eigenvalue weighted by atomic mass is 10.3. The minimum atomic E-state index is -0.550. The number of rotatable bonds is 5. The Kier molecular flexibility index (Phi) is 5.36. The fourth-order valence-electron chi connectivity index (χ4n) is 2.17. The predicted octanol–water partition coefficient (Wildman–Crippen LogP) is 4.39. The summed E-state index contributed by atoms with van der Waals surface area (Å²) in [6.07, 6.45) is 0. The number of carbonyl (C=O) groups excluding carboxylic acids is 2. The maximum Gasteiger partial charge on any atom is 0.348 e. The largest absolute Gasteiger partial charge is 0.451 e. The van der Waals surface area contributed by atoms with Gasteiger partial charge in [-0.15, -0.1) is 22.7 Å². The Balaban J connectivity index is 1.62. The number of halogens is 1. The molecule has 0 aliphatic rings. The number of thiazole rings is 1. The van der Waals surface area contributed by atoms with Crippen LogP contribution in [0.4, 0.5) is 0 Å². The van der Waals surface area contributed by atoms with Gasteiger partial charge in [0.15, 0.2) is 6.61 Å². The van der Waals surface area contributed by atoms with E-state index in [0.29, 0.717) is 9.21 Å². The first kappa shape index (κ1) is 17.8. The zero-order valence-corrected chi connectivity index (χ0v) is 16.0. The number of hydrogen-bond donors (Lipinski definition) is 0. The van der Waals surface area contributed by atoms with Gasteiger partial charge < -0.3 is 9.64 Å². The third-order valence-electron chi connectivity index (χ3n) is 3.74. The molecule has 2 heterocycles. The van der Waals surface area contributed by atoms with Crippen molar-refractivity contribution in [1.29, 1.82) is 0 Å². The van der Waals surface area contributed by atoms with Crippen molar-refractivity contribution in [2.24, 2.45) is 0 Å². The molecule has 1 amide bonds. The molecule has 0 aliphatic heterocycles. The Morgan fingerprint density at radius 2 is 2.00 bits per heavy atom. The van der Waals surface area contributed by atoms with Crippen LogP contribution in [0.3, 0.4) is 0 Å². The number of carbonyl (C=O) groups is 2. The Bertz CT molecular complexity index is 888. The van der Waals surface area contributed by atoms with Gasteiger partial charge in [-0.05, 0) is 31.2 Å². The normalized spacial score (nSPS) is 12.1. The number of thiophene rings is 1. The predicted molar refractivity (Wildman–Crippen MR) is 100 cm³/mol. The number of hydrogen-bond acceptors (Lipinski definition) is 6. The van der Waals surface area contributed by atoms with Crippen LogP contribution in [0.15, 0.2) is 36.4 Å². The number of amides is 1. The van der Waals surface area contributed by atoms with Crippen molar-refractivity contribution in [3.8, 4) is 0 Å². The van der Waals surface area contributed by atoms with Crippen LogP contribution in [0, 0.1) is 0 Å². The molecule has 0 radical (unpaired) electrons. The van der Waals surface area contributed by atoms with E-state index in [0.717, 1.165) is 26.6 Å². The molecule has 25 heavy (non-hydrogen) atoms. The van der Waals surface area contributed by atoms with E-state index in [4.69, 9.17) is 16.3 Å². The quantitative estimate of drug-likeness (QED) is 0.602. The second kappa shape index (κ2) is 7.51. The lowest BCUT2D eigenvalue weighted by Crippen LogP contribution is -2.33. The summed E-state index contributed by atoms with van der Waals surface area (Å²) in [4.78, 5) is 30.7. The van der Waals surface area contributed by atoms with Gasteiger partial charge in [0.05, 0.1) is 20.6 Å². The number of aromatic nitrogens is 1. The highest BCUT2D eigenvalue weighted by Crippen LogP contribution is 2.29. The molecular weight excluding hydrogens is 380 g/mol. The summed E-state index contributed by atoms with van der Waals surface area (Å²) in [6.45, 7) is 1.58. The Hall–Kier alpha value is -1.96. The molecule has 0 spiro atoms. The number of nitrogens with zero attached hydrogens (tertiary/aromatic N) is 2. The highest BCUT2D eigenvalue weighted by atomic mass is 35.5. The number of ether oxygens (including phenoxy) is 1. The van der Waals surface area contributed by atoms with Gasteiger partial charge in [-0.3, -0.25) is 4.79 Å². The number of para-hydroxylation sites is 1. The molecule has 0 fully saturated rings. The van der Waals surface area contributed by atoms with Gasteiger partial charge in [0.1, 0.15) is 9.88 Å². The fourth-order valence-corrected chi connectivity index (χ4v) is 4.17. The topological polar surface area (TPSA) is 59.5 Å². The van der Waals surface area contributed by atoms with Crippen molar-refractivity contribution >= 4 is 56.4 Å². The first-order chi connectivity index (χ1) is 12.0. The van der Waals surface area contributed by atoms with Crippen molar-refractivity contribution in [3.63, 3.8) is 0 Å². The van der Waals surface area contributed by atoms with E-state index in [9.17, 15) is 9.59 Å². The SMILES string of the molecule is C[C@@H](c1nc2ccccc2s1)N(C)C(=O)COC(=O)c1ccc(Cl)s1. The number of likely N-dealkylation sites (N-methyl/N-ethyl adjacent to an activating group) is 1. The van der Waals surface area contributed by atoms with Crippen LogP contribution in [0.1, 0.15) is 27.6 Å². The molecule has 0 saturated heterocycles. The van der Waals surface area contributed by atoms with Crippen LogP contribution in [-0.4, -0.2) is 35.4 Å². The molecule has 0 bridgehead atoms. The molecule has 5 nitrogen and oxygen atoms in total. The zero-order chi connectivity index (χ0) is 18.0. The lowest BCUT2D eigenvalue weighted by molar-refractivity contribution is -0.135. The van der Waals surface area contributed by atoms with Crippen LogP contribution < -0.4 is 0 Å². The summed E-state index contributed by atoms with van der Waals surface area (Å²) in [6, 6.07) is 10.8. The minimum Gasteiger partial charge on any atom is -0.451 e. The summed E-state index contributed by atoms with van der Waals surface area (Å²) >= 11 is 8.46. The lowest BCUT2D eigenvalue weighted by Gasteiger charge is -2.22. The second-order valence-corrected chi connectivity index (χ2v) is 8.16. The first-order valence-electron chi connectivity index (χ1n) is 7.49. The number of esters is 1. The fraction of sp³-hybridized carbons (Fsp3) is 0.235. The molecule has 1 aromatic carbocycles. The van der Waals surface area contributed by atoms with Gasteiger partial charge in [0, 0.05) is 7.05 Å². The summed E-state index contributed by atoms with van der Waals surface area (Å²) in [7, 11) is 1.68. The van der Waals surface area contributed by atoms with E-state index in [1.54, 1.807) is 30.5 Å². The van der Waals surface area contributed by atoms with Gasteiger partial charge >= 0.3 is 5.97 Å². The van der Waals surface area contributed by atoms with Gasteiger partial charge in [0.2, 0.25) is 0 Å². The smallest absolute Gasteiger partial charge is 0.348 e. The molecule has 2 aromatic heterocycles. The Labute approximate surface area is 157 Å². The monoisotopic (exact) mass is 394 g/mol. The van der Waals surface area contributed by atoms with Crippen molar-refractivity contribution in [2.45, 2.75) is 13.0 Å². The summed E-state index contributed by atoms with van der Waals surface area (Å²) in [5.74, 6) is -0.839. The van der Waals surface area contributed by atoms with Crippen LogP contribution in [0.25, 0.3) is 10.2 Å². The average Bonchev–Trinajstić information content (AvgIpc) is 3.24. The summed E-state index contributed by atoms with van der Waals surface area (Å²) in [5, 5.41) is 0.841. The van der Waals surface area contributed by atoms with E-state index in [1.807, 2.05) is 31.2 Å². The third-order valence-corrected chi connectivity index (χ3v) is 6.16. The van der Waals surface area contributed by atoms with Crippen molar-refractivity contribution in [2.75, 3.05) is 13.7 Å². The Morgan fingerprint density at radius 1 is 1.24 bits per heavy atom. The van der Waals surface area contributed by atoms with Crippen molar-refractivity contribution in [1.82, 2.24) is 9.88 Å². The average molecular weight is 395 g/mol. The second-order valence-electron chi connectivity index (χ2n) is 5.38. The number of fused-ring (bicyclic) bond motifs is 1. The maximum atomic E-state index is 12.3. The van der Waals surface area contributed by atoms with E-state index in [1.165, 1.54) is 4.90 Å². The number of benzene rings is 1.